The molecule has 1 spiro atoms. The van der Waals surface area contributed by atoms with Gasteiger partial charge in [-0.15, -0.1) is 0 Å². The van der Waals surface area contributed by atoms with E-state index in [-0.39, 0.29) is 11.7 Å². The van der Waals surface area contributed by atoms with Crippen molar-refractivity contribution in [2.24, 2.45) is 0 Å². The first-order valence-electron chi connectivity index (χ1n) is 9.09. The average Bonchev–Trinajstić information content (AvgIpc) is 3.12. The molecule has 1 N–H and O–H groups in total. The predicted molar refractivity (Wildman–Crippen MR) is 101 cm³/mol. The molecular weight excluding hydrogens is 326 g/mol. The summed E-state index contributed by atoms with van der Waals surface area (Å²) in [7, 11) is 1.63. The van der Waals surface area contributed by atoms with Crippen molar-refractivity contribution >= 4 is 11.5 Å². The number of carbonyl (C=O) groups is 1. The SMILES string of the molecule is Cc1ccc(-c2ccccc2)cc1C1=C(O)C2(CCCC2)ON(C)C1=O. The van der Waals surface area contributed by atoms with E-state index >= 15 is 0 Å². The molecule has 0 saturated heterocycles. The van der Waals surface area contributed by atoms with Crippen molar-refractivity contribution in [2.75, 3.05) is 7.05 Å². The molecule has 1 amide bonds. The number of benzene rings is 2. The number of carbonyl (C=O) groups excluding carboxylic acids is 1. The summed E-state index contributed by atoms with van der Waals surface area (Å²) in [5.41, 5.74) is 3.45. The molecule has 1 saturated carbocycles. The minimum absolute atomic E-state index is 0.0893. The summed E-state index contributed by atoms with van der Waals surface area (Å²) in [6, 6.07) is 16.1. The lowest BCUT2D eigenvalue weighted by Gasteiger charge is -2.38. The van der Waals surface area contributed by atoms with Crippen LogP contribution in [0.1, 0.15) is 36.8 Å². The van der Waals surface area contributed by atoms with Gasteiger partial charge in [-0.3, -0.25) is 9.63 Å². The molecule has 0 bridgehead atoms. The van der Waals surface area contributed by atoms with Crippen LogP contribution in [0.4, 0.5) is 0 Å². The van der Waals surface area contributed by atoms with Gasteiger partial charge in [0.15, 0.2) is 5.60 Å². The van der Waals surface area contributed by atoms with Crippen LogP contribution in [0, 0.1) is 6.92 Å². The molecule has 0 atom stereocenters. The minimum Gasteiger partial charge on any atom is -0.508 e. The van der Waals surface area contributed by atoms with Crippen LogP contribution in [0.25, 0.3) is 16.7 Å². The lowest BCUT2D eigenvalue weighted by Crippen LogP contribution is -2.47. The fraction of sp³-hybridized carbons (Fsp3) is 0.318. The summed E-state index contributed by atoms with van der Waals surface area (Å²) in [6.45, 7) is 1.97. The molecule has 0 radical (unpaired) electrons. The van der Waals surface area contributed by atoms with Crippen LogP contribution >= 0.6 is 0 Å². The standard InChI is InChI=1S/C22H23NO3/c1-15-10-11-17(16-8-4-3-5-9-16)14-18(15)19-20(24)22(12-6-7-13-22)26-23(2)21(19)25/h3-5,8-11,14,24H,6-7,12-13H2,1-2H3. The van der Waals surface area contributed by atoms with E-state index in [0.717, 1.165) is 47.9 Å². The highest BCUT2D eigenvalue weighted by Crippen LogP contribution is 2.45. The van der Waals surface area contributed by atoms with Gasteiger partial charge in [0.05, 0.1) is 5.57 Å². The maximum atomic E-state index is 12.9. The molecule has 2 aromatic rings. The first-order chi connectivity index (χ1) is 12.5. The number of hydrogen-bond donors (Lipinski definition) is 1. The zero-order valence-electron chi connectivity index (χ0n) is 15.2. The van der Waals surface area contributed by atoms with Crippen LogP contribution in [0.3, 0.4) is 0 Å². The second-order valence-electron chi connectivity index (χ2n) is 7.21. The van der Waals surface area contributed by atoms with E-state index in [9.17, 15) is 9.90 Å². The molecule has 1 aliphatic heterocycles. The smallest absolute Gasteiger partial charge is 0.281 e. The second kappa shape index (κ2) is 6.29. The lowest BCUT2D eigenvalue weighted by atomic mass is 9.87. The molecule has 4 heteroatoms. The van der Waals surface area contributed by atoms with E-state index in [1.807, 2.05) is 55.5 Å². The molecule has 134 valence electrons. The van der Waals surface area contributed by atoms with Crippen LogP contribution in [-0.2, 0) is 9.63 Å². The van der Waals surface area contributed by atoms with Crippen molar-refractivity contribution in [3.63, 3.8) is 0 Å². The molecule has 0 aromatic heterocycles. The number of likely N-dealkylation sites (N-methyl/N-ethyl adjacent to an activating group) is 1. The summed E-state index contributed by atoms with van der Waals surface area (Å²) in [4.78, 5) is 18.7. The van der Waals surface area contributed by atoms with Crippen molar-refractivity contribution < 1.29 is 14.7 Å². The Balaban J connectivity index is 1.89. The van der Waals surface area contributed by atoms with Crippen LogP contribution in [-0.4, -0.2) is 28.7 Å². The molecule has 2 aliphatic rings. The fourth-order valence-electron chi connectivity index (χ4n) is 4.05. The van der Waals surface area contributed by atoms with Crippen molar-refractivity contribution in [3.8, 4) is 11.1 Å². The number of aliphatic hydroxyl groups excluding tert-OH is 1. The number of rotatable bonds is 2. The first-order valence-corrected chi connectivity index (χ1v) is 9.09. The lowest BCUT2D eigenvalue weighted by molar-refractivity contribution is -0.227. The summed E-state index contributed by atoms with van der Waals surface area (Å²) >= 11 is 0. The molecule has 0 unspecified atom stereocenters. The van der Waals surface area contributed by atoms with Crippen molar-refractivity contribution in [3.05, 3.63) is 65.4 Å². The monoisotopic (exact) mass is 349 g/mol. The first kappa shape index (κ1) is 16.9. The molecule has 1 heterocycles. The number of hydroxylamine groups is 2. The van der Waals surface area contributed by atoms with Gasteiger partial charge in [-0.05, 0) is 60.9 Å². The van der Waals surface area contributed by atoms with Crippen molar-refractivity contribution in [2.45, 2.75) is 38.2 Å². The Bertz CT molecular complexity index is 880. The summed E-state index contributed by atoms with van der Waals surface area (Å²) < 4.78 is 0. The summed E-state index contributed by atoms with van der Waals surface area (Å²) in [5.74, 6) is -0.209. The van der Waals surface area contributed by atoms with Crippen molar-refractivity contribution in [1.82, 2.24) is 5.06 Å². The van der Waals surface area contributed by atoms with E-state index < -0.39 is 5.60 Å². The van der Waals surface area contributed by atoms with Crippen molar-refractivity contribution in [1.29, 1.82) is 0 Å². The maximum Gasteiger partial charge on any atom is 0.281 e. The highest BCUT2D eigenvalue weighted by Gasteiger charge is 2.48. The Morgan fingerprint density at radius 2 is 1.73 bits per heavy atom. The Morgan fingerprint density at radius 3 is 2.42 bits per heavy atom. The average molecular weight is 349 g/mol. The molecule has 4 rings (SSSR count). The number of aryl methyl sites for hydroxylation is 1. The van der Waals surface area contributed by atoms with E-state index in [2.05, 4.69) is 0 Å². The quantitative estimate of drug-likeness (QED) is 0.859. The predicted octanol–water partition coefficient (Wildman–Crippen LogP) is 4.65. The highest BCUT2D eigenvalue weighted by molar-refractivity contribution is 6.21. The minimum atomic E-state index is -0.757. The van der Waals surface area contributed by atoms with Gasteiger partial charge < -0.3 is 5.11 Å². The number of hydrogen-bond acceptors (Lipinski definition) is 3. The van der Waals surface area contributed by atoms with E-state index in [1.165, 1.54) is 5.06 Å². The maximum absolute atomic E-state index is 12.9. The highest BCUT2D eigenvalue weighted by atomic mass is 16.7. The van der Waals surface area contributed by atoms with Gasteiger partial charge in [0.25, 0.3) is 5.91 Å². The normalized spacial score (nSPS) is 19.5. The van der Waals surface area contributed by atoms with Crippen LogP contribution < -0.4 is 0 Å². The van der Waals surface area contributed by atoms with Gasteiger partial charge in [0.1, 0.15) is 5.76 Å². The van der Waals surface area contributed by atoms with Gasteiger partial charge in [-0.2, -0.15) is 0 Å². The molecule has 1 aliphatic carbocycles. The molecule has 4 nitrogen and oxygen atoms in total. The Morgan fingerprint density at radius 1 is 1.04 bits per heavy atom. The molecule has 26 heavy (non-hydrogen) atoms. The Hall–Kier alpha value is -2.59. The van der Waals surface area contributed by atoms with E-state index in [1.54, 1.807) is 7.05 Å². The zero-order valence-corrected chi connectivity index (χ0v) is 15.2. The molecule has 1 fully saturated rings. The third-order valence-electron chi connectivity index (χ3n) is 5.51. The second-order valence-corrected chi connectivity index (χ2v) is 7.21. The summed E-state index contributed by atoms with van der Waals surface area (Å²) in [5, 5.41) is 12.3. The topological polar surface area (TPSA) is 49.8 Å². The Kier molecular flexibility index (Phi) is 4.08. The van der Waals surface area contributed by atoms with E-state index in [4.69, 9.17) is 4.84 Å². The third-order valence-corrected chi connectivity index (χ3v) is 5.51. The Labute approximate surface area is 153 Å². The van der Waals surface area contributed by atoms with Gasteiger partial charge in [-0.1, -0.05) is 42.5 Å². The molecular formula is C22H23NO3. The van der Waals surface area contributed by atoms with Gasteiger partial charge >= 0.3 is 0 Å². The van der Waals surface area contributed by atoms with Crippen LogP contribution in [0.15, 0.2) is 54.3 Å². The zero-order chi connectivity index (χ0) is 18.3. The van der Waals surface area contributed by atoms with Gasteiger partial charge in [0.2, 0.25) is 0 Å². The third kappa shape index (κ3) is 2.61. The number of amides is 1. The fourth-order valence-corrected chi connectivity index (χ4v) is 4.05. The summed E-state index contributed by atoms with van der Waals surface area (Å²) in [6.07, 6.45) is 3.44. The van der Waals surface area contributed by atoms with Crippen LogP contribution in [0.2, 0.25) is 0 Å². The molecule has 2 aromatic carbocycles. The largest absolute Gasteiger partial charge is 0.508 e. The van der Waals surface area contributed by atoms with Gasteiger partial charge in [-0.25, -0.2) is 5.06 Å². The van der Waals surface area contributed by atoms with Crippen LogP contribution in [0.5, 0.6) is 0 Å². The van der Waals surface area contributed by atoms with E-state index in [0.29, 0.717) is 5.57 Å². The number of nitrogens with zero attached hydrogens (tertiary/aromatic N) is 1. The van der Waals surface area contributed by atoms with Gasteiger partial charge in [0, 0.05) is 7.05 Å². The number of aliphatic hydroxyl groups is 1.